The molecule has 8 aromatic heterocycles. The van der Waals surface area contributed by atoms with Crippen molar-refractivity contribution in [3.05, 3.63) is 290 Å². The lowest BCUT2D eigenvalue weighted by molar-refractivity contribution is 0.0941. The van der Waals surface area contributed by atoms with Crippen LogP contribution in [-0.2, 0) is 26.2 Å². The first-order valence-corrected chi connectivity index (χ1v) is 40.2. The Morgan fingerprint density at radius 3 is 1.21 bits per heavy atom. The Bertz CT molecular complexity index is 6770. The summed E-state index contributed by atoms with van der Waals surface area (Å²) in [7, 11) is 3.72. The van der Waals surface area contributed by atoms with E-state index in [1.54, 1.807) is 87.8 Å². The van der Waals surface area contributed by atoms with Gasteiger partial charge in [0.25, 0.3) is 45.9 Å². The first kappa shape index (κ1) is 85.3. The van der Waals surface area contributed by atoms with E-state index in [0.29, 0.717) is 172 Å². The summed E-state index contributed by atoms with van der Waals surface area (Å²) in [5.74, 6) is -2.94. The molecule has 0 bridgehead atoms. The zero-order valence-electron chi connectivity index (χ0n) is 67.9. The summed E-state index contributed by atoms with van der Waals surface area (Å²) >= 11 is 6.15. The number of halogens is 6. The van der Waals surface area contributed by atoms with Crippen LogP contribution in [-0.4, -0.2) is 154 Å². The van der Waals surface area contributed by atoms with Crippen molar-refractivity contribution in [2.75, 3.05) is 71.4 Å². The number of H-pyrrole nitrogens is 4. The van der Waals surface area contributed by atoms with Gasteiger partial charge in [0.2, 0.25) is 0 Å². The molecule has 0 unspecified atom stereocenters. The van der Waals surface area contributed by atoms with E-state index in [4.69, 9.17) is 16.3 Å². The lowest BCUT2D eigenvalue weighted by Crippen LogP contribution is -2.44. The molecule has 123 heavy (non-hydrogen) atoms. The van der Waals surface area contributed by atoms with Gasteiger partial charge in [-0.3, -0.25) is 58.8 Å². The zero-order valence-corrected chi connectivity index (χ0v) is 68.6. The van der Waals surface area contributed by atoms with Crippen molar-refractivity contribution in [1.82, 2.24) is 85.2 Å². The molecule has 33 heteroatoms. The topological polar surface area (TPSA) is 335 Å². The number of carbonyl (C=O) groups excluding carboxylic acids is 4. The smallest absolute Gasteiger partial charge is 0.262 e. The standard InChI is InChI=1S/C26H29FN6O2.C22H21FN4O3.C21H18ClFN4O2.C21H18F2N4O2/c1-17-23-24(30-29-17)20-16-18(32-14-12-31(2)13-15-32)8-9-22(20)33(26(23)35)11-5-10-28-25(34)19-6-3-4-7-21(19)27;1-13-19-20(26-25-13)17-12-16(30-2)7-8-18(17)27(22(19)29)10-4-9-24-21(28)14-5-3-6-15(23)11-14;1-12-18-19(26-25-12)16-11-14(22)5-8-17(16)27(21(18)29)10-2-9-24-20(28)13-3-6-15(23)7-4-13;1-12-18-19(26-25-12)16-11-15(23)7-8-17(16)27(21(18)29)10-2-9-24-20(28)13-3-5-14(22)6-4-13/h3-4,6-9,16H,5,10-15H2,1-2H3,(H,28,34)(H,29,30);3,5-8,11-12H,4,9-10H2,1-2H3,(H,24,28)(H,25,26);2*3-8,11H,2,9-10H2,1H3,(H,24,28)(H,25,26). The summed E-state index contributed by atoms with van der Waals surface area (Å²) in [5, 5.41) is 45.5. The number of methoxy groups -OCH3 is 1. The van der Waals surface area contributed by atoms with Crippen molar-refractivity contribution >= 4 is 128 Å². The molecule has 0 saturated carbocycles. The van der Waals surface area contributed by atoms with Gasteiger partial charge in [-0.2, -0.15) is 20.4 Å². The van der Waals surface area contributed by atoms with Crippen molar-refractivity contribution in [2.45, 2.75) is 79.6 Å². The molecular weight excluding hydrogens is 1610 g/mol. The molecule has 1 fully saturated rings. The molecule has 8 N–H and O–H groups in total. The number of aromatic nitrogens is 12. The number of aryl methyl sites for hydroxylation is 8. The SMILES string of the molecule is COc1ccc2c(c1)c1n[nH]c(C)c1c(=O)n2CCCNC(=O)c1cccc(F)c1.Cc1[nH]nc2c1c(=O)n(CCCNC(=O)c1ccc(F)cc1)c1ccc(Cl)cc21.Cc1[nH]nc2c1c(=O)n(CCCNC(=O)c1ccc(F)cc1)c1ccc(F)cc21.Cc1[nH]nc2c1c(=O)n(CCCNC(=O)c1ccccc1F)c1ccc(N3CCN(C)CC3)cc21. The fourth-order valence-electron chi connectivity index (χ4n) is 15.2. The summed E-state index contributed by atoms with van der Waals surface area (Å²) in [6, 6.07) is 43.3. The van der Waals surface area contributed by atoms with E-state index >= 15 is 0 Å². The number of aromatic amines is 4. The Labute approximate surface area is 702 Å². The number of nitrogens with zero attached hydrogens (tertiary/aromatic N) is 10. The molecule has 27 nitrogen and oxygen atoms in total. The maximum absolute atomic E-state index is 13.9. The molecule has 16 aromatic rings. The molecule has 9 heterocycles. The second kappa shape index (κ2) is 37.7. The molecule has 632 valence electrons. The van der Waals surface area contributed by atoms with Crippen molar-refractivity contribution < 1.29 is 45.9 Å². The number of likely N-dealkylation sites (N-methyl/N-ethyl adjacent to an activating group) is 1. The molecule has 4 amide bonds. The van der Waals surface area contributed by atoms with Gasteiger partial charge in [-0.1, -0.05) is 29.8 Å². The molecule has 17 rings (SSSR count). The van der Waals surface area contributed by atoms with Gasteiger partial charge in [0.15, 0.2) is 0 Å². The van der Waals surface area contributed by atoms with E-state index in [2.05, 4.69) is 91.0 Å². The predicted molar refractivity (Wildman–Crippen MR) is 465 cm³/mol. The first-order chi connectivity index (χ1) is 59.3. The molecule has 1 aliphatic heterocycles. The molecule has 0 spiro atoms. The molecule has 1 saturated heterocycles. The number of rotatable bonds is 22. The van der Waals surface area contributed by atoms with Gasteiger partial charge in [-0.25, -0.2) is 22.0 Å². The maximum Gasteiger partial charge on any atom is 0.262 e. The van der Waals surface area contributed by atoms with Crippen LogP contribution in [0, 0.1) is 56.8 Å². The minimum atomic E-state index is -0.552. The molecular formula is C90H86ClF5N18O9. The molecule has 0 aliphatic carbocycles. The number of nitrogens with one attached hydrogen (secondary N) is 8. The highest BCUT2D eigenvalue weighted by atomic mass is 35.5. The average molecular weight is 1690 g/mol. The van der Waals surface area contributed by atoms with E-state index in [1.165, 1.54) is 91.0 Å². The lowest BCUT2D eigenvalue weighted by atomic mass is 10.1. The fraction of sp³-hybridized carbons (Fsp3) is 0.244. The van der Waals surface area contributed by atoms with Gasteiger partial charge in [-0.15, -0.1) is 0 Å². The predicted octanol–water partition coefficient (Wildman–Crippen LogP) is 13.1. The van der Waals surface area contributed by atoms with Crippen LogP contribution in [0.2, 0.25) is 5.02 Å². The van der Waals surface area contributed by atoms with E-state index < -0.39 is 35.0 Å². The number of pyridine rings is 4. The Morgan fingerprint density at radius 2 is 0.772 bits per heavy atom. The maximum atomic E-state index is 13.9. The number of anilines is 1. The number of benzene rings is 8. The number of amides is 4. The summed E-state index contributed by atoms with van der Waals surface area (Å²) in [6.45, 7) is 14.1. The lowest BCUT2D eigenvalue weighted by Gasteiger charge is -2.34. The minimum Gasteiger partial charge on any atom is -0.497 e. The zero-order chi connectivity index (χ0) is 86.9. The van der Waals surface area contributed by atoms with E-state index in [0.717, 1.165) is 70.3 Å². The van der Waals surface area contributed by atoms with Gasteiger partial charge in [0.1, 0.15) is 56.9 Å². The minimum absolute atomic E-state index is 0.0157. The molecule has 0 radical (unpaired) electrons. The van der Waals surface area contributed by atoms with Gasteiger partial charge in [-0.05, 0) is 212 Å². The molecule has 0 atom stereocenters. The van der Waals surface area contributed by atoms with Gasteiger partial charge in [0.05, 0.1) is 56.3 Å². The van der Waals surface area contributed by atoms with E-state index in [-0.39, 0.29) is 51.1 Å². The molecule has 1 aliphatic rings. The van der Waals surface area contributed by atoms with E-state index in [9.17, 15) is 60.3 Å². The van der Waals surface area contributed by atoms with Crippen molar-refractivity contribution in [3.8, 4) is 5.75 Å². The summed E-state index contributed by atoms with van der Waals surface area (Å²) in [6.07, 6.45) is 2.09. The number of hydrogen-bond acceptors (Lipinski definition) is 15. The quantitative estimate of drug-likeness (QED) is 0.0231. The van der Waals surface area contributed by atoms with Crippen LogP contribution in [0.3, 0.4) is 0 Å². The van der Waals surface area contributed by atoms with Crippen LogP contribution >= 0.6 is 11.6 Å². The van der Waals surface area contributed by atoms with Crippen molar-refractivity contribution in [1.29, 1.82) is 0 Å². The normalized spacial score (nSPS) is 12.2. The number of fused-ring (bicyclic) bond motifs is 12. The van der Waals surface area contributed by atoms with Gasteiger partial charge < -0.3 is 54.1 Å². The molecule has 8 aromatic carbocycles. The third-order valence-electron chi connectivity index (χ3n) is 21.6. The average Bonchev–Trinajstić information content (AvgIpc) is 1.68. The Kier molecular flexibility index (Phi) is 26.1. The number of hydrogen-bond donors (Lipinski definition) is 8. The third-order valence-corrected chi connectivity index (χ3v) is 21.8. The summed E-state index contributed by atoms with van der Waals surface area (Å²) < 4.78 is 78.9. The second-order valence-corrected chi connectivity index (χ2v) is 30.2. The first-order valence-electron chi connectivity index (χ1n) is 39.8. The highest BCUT2D eigenvalue weighted by Crippen LogP contribution is 2.32. The number of ether oxygens (including phenoxy) is 1. The monoisotopic (exact) mass is 1690 g/mol. The van der Waals surface area contributed by atoms with Crippen LogP contribution in [0.1, 0.15) is 89.9 Å². The second-order valence-electron chi connectivity index (χ2n) is 29.8. The van der Waals surface area contributed by atoms with Crippen molar-refractivity contribution in [2.24, 2.45) is 0 Å². The van der Waals surface area contributed by atoms with Crippen LogP contribution in [0.15, 0.2) is 189 Å². The largest absolute Gasteiger partial charge is 0.497 e. The Hall–Kier alpha value is -14.1. The number of carbonyl (C=O) groups is 4. The highest BCUT2D eigenvalue weighted by molar-refractivity contribution is 6.31. The van der Waals surface area contributed by atoms with Crippen LogP contribution in [0.5, 0.6) is 5.75 Å². The van der Waals surface area contributed by atoms with Crippen LogP contribution in [0.25, 0.3) is 87.2 Å². The fourth-order valence-corrected chi connectivity index (χ4v) is 15.4. The van der Waals surface area contributed by atoms with Crippen LogP contribution < -0.4 is 53.1 Å². The number of piperazine rings is 1. The van der Waals surface area contributed by atoms with Gasteiger partial charge >= 0.3 is 0 Å². The van der Waals surface area contributed by atoms with Gasteiger partial charge in [0, 0.05) is 150 Å². The summed E-state index contributed by atoms with van der Waals surface area (Å²) in [4.78, 5) is 106. The van der Waals surface area contributed by atoms with Crippen LogP contribution in [0.4, 0.5) is 27.6 Å². The summed E-state index contributed by atoms with van der Waals surface area (Å²) in [5.41, 5.74) is 9.55. The highest BCUT2D eigenvalue weighted by Gasteiger charge is 2.24. The third kappa shape index (κ3) is 18.6. The Morgan fingerprint density at radius 1 is 0.398 bits per heavy atom. The van der Waals surface area contributed by atoms with Crippen molar-refractivity contribution in [3.63, 3.8) is 0 Å². The Balaban J connectivity index is 0.000000134. The van der Waals surface area contributed by atoms with E-state index in [1.807, 2.05) is 32.0 Å².